The third-order valence-corrected chi connectivity index (χ3v) is 4.45. The first kappa shape index (κ1) is 17.0. The standard InChI is InChI=1S/C20H19N3O4/c1-3-26-14-7-6-13-9-15(20(25)21-16(13)10-14)18-11-17(19-5-4-8-27-19)22-23(18)12(2)24/h4-11,18,22H,3H2,1-2H3,(H,21,25)/t18-/m0/s1. The number of hydrogen-bond acceptors (Lipinski definition) is 5. The summed E-state index contributed by atoms with van der Waals surface area (Å²) in [6.07, 6.45) is 3.37. The second-order valence-electron chi connectivity index (χ2n) is 6.24. The van der Waals surface area contributed by atoms with E-state index in [0.29, 0.717) is 34.9 Å². The zero-order valence-electron chi connectivity index (χ0n) is 15.0. The molecule has 2 N–H and O–H groups in total. The van der Waals surface area contributed by atoms with Crippen LogP contribution in [-0.2, 0) is 4.79 Å². The molecule has 0 fully saturated rings. The minimum Gasteiger partial charge on any atom is -0.494 e. The Balaban J connectivity index is 1.79. The van der Waals surface area contributed by atoms with E-state index >= 15 is 0 Å². The Morgan fingerprint density at radius 2 is 2.15 bits per heavy atom. The summed E-state index contributed by atoms with van der Waals surface area (Å²) in [6.45, 7) is 3.90. The van der Waals surface area contributed by atoms with Crippen LogP contribution in [0, 0.1) is 0 Å². The number of nitrogens with zero attached hydrogens (tertiary/aromatic N) is 1. The molecule has 1 aromatic carbocycles. The number of benzene rings is 1. The van der Waals surface area contributed by atoms with Crippen molar-refractivity contribution in [2.75, 3.05) is 6.61 Å². The van der Waals surface area contributed by atoms with Crippen molar-refractivity contribution >= 4 is 22.5 Å². The first-order valence-electron chi connectivity index (χ1n) is 8.68. The lowest BCUT2D eigenvalue weighted by Gasteiger charge is -2.23. The number of amides is 1. The van der Waals surface area contributed by atoms with Crippen LogP contribution in [0.1, 0.15) is 31.2 Å². The number of carbonyl (C=O) groups is 1. The number of hydrogen-bond donors (Lipinski definition) is 2. The zero-order chi connectivity index (χ0) is 19.0. The van der Waals surface area contributed by atoms with E-state index in [1.165, 1.54) is 11.9 Å². The summed E-state index contributed by atoms with van der Waals surface area (Å²) in [5.41, 5.74) is 4.56. The molecular formula is C20H19N3O4. The normalized spacial score (nSPS) is 16.3. The van der Waals surface area contributed by atoms with Gasteiger partial charge in [-0.2, -0.15) is 0 Å². The Hall–Kier alpha value is -3.48. The number of ether oxygens (including phenoxy) is 1. The van der Waals surface area contributed by atoms with Gasteiger partial charge in [-0.05, 0) is 48.7 Å². The fourth-order valence-electron chi connectivity index (χ4n) is 3.21. The molecule has 1 aliphatic rings. The van der Waals surface area contributed by atoms with Gasteiger partial charge in [-0.3, -0.25) is 15.0 Å². The van der Waals surface area contributed by atoms with Crippen molar-refractivity contribution in [2.24, 2.45) is 0 Å². The number of nitrogens with one attached hydrogen (secondary N) is 2. The van der Waals surface area contributed by atoms with E-state index in [4.69, 9.17) is 9.15 Å². The molecule has 138 valence electrons. The summed E-state index contributed by atoms with van der Waals surface area (Å²) >= 11 is 0. The zero-order valence-corrected chi connectivity index (χ0v) is 15.0. The molecule has 0 unspecified atom stereocenters. The molecular weight excluding hydrogens is 346 g/mol. The molecule has 7 heteroatoms. The number of fused-ring (bicyclic) bond motifs is 1. The van der Waals surface area contributed by atoms with Gasteiger partial charge in [0.1, 0.15) is 11.8 Å². The Kier molecular flexibility index (Phi) is 4.19. The number of furan rings is 1. The van der Waals surface area contributed by atoms with Crippen LogP contribution in [-0.4, -0.2) is 22.5 Å². The minimum atomic E-state index is -0.540. The topological polar surface area (TPSA) is 87.6 Å². The number of pyridine rings is 1. The maximum absolute atomic E-state index is 12.7. The van der Waals surface area contributed by atoms with Gasteiger partial charge in [0.2, 0.25) is 5.91 Å². The van der Waals surface area contributed by atoms with Gasteiger partial charge in [0.25, 0.3) is 5.56 Å². The number of H-pyrrole nitrogens is 1. The molecule has 0 bridgehead atoms. The molecule has 0 aliphatic carbocycles. The van der Waals surface area contributed by atoms with Crippen LogP contribution in [0.5, 0.6) is 5.75 Å². The van der Waals surface area contributed by atoms with Crippen molar-refractivity contribution in [2.45, 2.75) is 19.9 Å². The predicted octanol–water partition coefficient (Wildman–Crippen LogP) is 2.97. The first-order valence-corrected chi connectivity index (χ1v) is 8.68. The van der Waals surface area contributed by atoms with Crippen LogP contribution < -0.4 is 15.7 Å². The van der Waals surface area contributed by atoms with Crippen LogP contribution in [0.15, 0.2) is 57.9 Å². The highest BCUT2D eigenvalue weighted by molar-refractivity contribution is 5.82. The van der Waals surface area contributed by atoms with Gasteiger partial charge in [0.05, 0.1) is 24.1 Å². The molecule has 27 heavy (non-hydrogen) atoms. The molecule has 1 amide bonds. The average Bonchev–Trinajstić information content (AvgIpc) is 3.31. The lowest BCUT2D eigenvalue weighted by Crippen LogP contribution is -2.39. The number of carbonyl (C=O) groups excluding carboxylic acids is 1. The number of aromatic amines is 1. The Bertz CT molecular complexity index is 1080. The van der Waals surface area contributed by atoms with E-state index in [2.05, 4.69) is 10.4 Å². The van der Waals surface area contributed by atoms with E-state index in [-0.39, 0.29) is 11.5 Å². The van der Waals surface area contributed by atoms with Crippen molar-refractivity contribution in [3.8, 4) is 5.75 Å². The molecule has 1 atom stereocenters. The fraction of sp³-hybridized carbons (Fsp3) is 0.200. The van der Waals surface area contributed by atoms with Gasteiger partial charge in [0.15, 0.2) is 5.76 Å². The van der Waals surface area contributed by atoms with Crippen molar-refractivity contribution in [1.82, 2.24) is 15.4 Å². The molecule has 2 aromatic heterocycles. The molecule has 1 aliphatic heterocycles. The molecule has 3 aromatic rings. The third-order valence-electron chi connectivity index (χ3n) is 4.45. The summed E-state index contributed by atoms with van der Waals surface area (Å²) in [6, 6.07) is 10.4. The predicted molar refractivity (Wildman–Crippen MR) is 101 cm³/mol. The second kappa shape index (κ2) is 6.68. The monoisotopic (exact) mass is 365 g/mol. The van der Waals surface area contributed by atoms with Crippen molar-refractivity contribution < 1.29 is 13.9 Å². The highest BCUT2D eigenvalue weighted by Crippen LogP contribution is 2.31. The quantitative estimate of drug-likeness (QED) is 0.742. The van der Waals surface area contributed by atoms with E-state index < -0.39 is 6.04 Å². The maximum atomic E-state index is 12.7. The van der Waals surface area contributed by atoms with Gasteiger partial charge in [-0.1, -0.05) is 0 Å². The third kappa shape index (κ3) is 3.08. The maximum Gasteiger partial charge on any atom is 0.254 e. The van der Waals surface area contributed by atoms with Crippen molar-refractivity contribution in [1.29, 1.82) is 0 Å². The molecule has 0 radical (unpaired) electrons. The van der Waals surface area contributed by atoms with Gasteiger partial charge in [0, 0.05) is 18.6 Å². The molecule has 3 heterocycles. The largest absolute Gasteiger partial charge is 0.494 e. The lowest BCUT2D eigenvalue weighted by molar-refractivity contribution is -0.132. The SMILES string of the molecule is CCOc1ccc2cc([C@@H]3C=C(c4ccco4)NN3C(C)=O)c(=O)[nH]c2c1. The molecule has 7 nitrogen and oxygen atoms in total. The summed E-state index contributed by atoms with van der Waals surface area (Å²) in [4.78, 5) is 27.7. The summed E-state index contributed by atoms with van der Waals surface area (Å²) in [5.74, 6) is 1.09. The summed E-state index contributed by atoms with van der Waals surface area (Å²) < 4.78 is 10.9. The second-order valence-corrected chi connectivity index (χ2v) is 6.24. The Morgan fingerprint density at radius 3 is 2.85 bits per heavy atom. The van der Waals surface area contributed by atoms with E-state index in [0.717, 1.165) is 5.39 Å². The van der Waals surface area contributed by atoms with E-state index in [1.54, 1.807) is 30.5 Å². The van der Waals surface area contributed by atoms with Crippen molar-refractivity contribution in [3.63, 3.8) is 0 Å². The van der Waals surface area contributed by atoms with Crippen LogP contribution in [0.3, 0.4) is 0 Å². The molecule has 0 saturated carbocycles. The van der Waals surface area contributed by atoms with Crippen molar-refractivity contribution in [3.05, 3.63) is 70.4 Å². The average molecular weight is 365 g/mol. The van der Waals surface area contributed by atoms with E-state index in [9.17, 15) is 9.59 Å². The Labute approximate surface area is 155 Å². The van der Waals surface area contributed by atoms with Gasteiger partial charge < -0.3 is 14.1 Å². The highest BCUT2D eigenvalue weighted by atomic mass is 16.5. The fourth-order valence-corrected chi connectivity index (χ4v) is 3.21. The van der Waals surface area contributed by atoms with Gasteiger partial charge in [-0.15, -0.1) is 0 Å². The molecule has 4 rings (SSSR count). The highest BCUT2D eigenvalue weighted by Gasteiger charge is 2.31. The van der Waals surface area contributed by atoms with Crippen LogP contribution in [0.2, 0.25) is 0 Å². The van der Waals surface area contributed by atoms with Crippen LogP contribution in [0.4, 0.5) is 0 Å². The Morgan fingerprint density at radius 1 is 1.30 bits per heavy atom. The first-order chi connectivity index (χ1) is 13.1. The number of aromatic nitrogens is 1. The lowest BCUT2D eigenvalue weighted by atomic mass is 10.0. The van der Waals surface area contributed by atoms with Crippen LogP contribution in [0.25, 0.3) is 16.6 Å². The number of rotatable bonds is 4. The summed E-state index contributed by atoms with van der Waals surface area (Å²) in [7, 11) is 0. The smallest absolute Gasteiger partial charge is 0.254 e. The summed E-state index contributed by atoms with van der Waals surface area (Å²) in [5, 5.41) is 2.28. The molecule has 0 saturated heterocycles. The van der Waals surface area contributed by atoms with Gasteiger partial charge >= 0.3 is 0 Å². The van der Waals surface area contributed by atoms with Crippen LogP contribution >= 0.6 is 0 Å². The minimum absolute atomic E-state index is 0.205. The molecule has 0 spiro atoms. The van der Waals surface area contributed by atoms with E-state index in [1.807, 2.05) is 25.1 Å². The van der Waals surface area contributed by atoms with Gasteiger partial charge in [-0.25, -0.2) is 5.01 Å². The number of hydrazine groups is 1.